The minimum absolute atomic E-state index is 0.246. The molecule has 0 radical (unpaired) electrons. The molecular formula is C13H13ClN2O. The zero-order chi connectivity index (χ0) is 12.4. The van der Waals surface area contributed by atoms with Gasteiger partial charge in [0.2, 0.25) is 0 Å². The number of hydrogen-bond donors (Lipinski definition) is 0. The van der Waals surface area contributed by atoms with E-state index in [2.05, 4.69) is 5.10 Å². The molecule has 1 aromatic heterocycles. The Bertz CT molecular complexity index is 546. The van der Waals surface area contributed by atoms with Crippen molar-refractivity contribution < 1.29 is 4.79 Å². The summed E-state index contributed by atoms with van der Waals surface area (Å²) in [7, 11) is 0. The fourth-order valence-electron chi connectivity index (χ4n) is 1.75. The highest BCUT2D eigenvalue weighted by molar-refractivity contribution is 6.33. The summed E-state index contributed by atoms with van der Waals surface area (Å²) in [6.45, 7) is 4.10. The van der Waals surface area contributed by atoms with Gasteiger partial charge in [0.25, 0.3) is 0 Å². The number of carbonyl (C=O) groups excluding carboxylic acids is 1. The van der Waals surface area contributed by atoms with Crippen molar-refractivity contribution in [1.29, 1.82) is 0 Å². The van der Waals surface area contributed by atoms with Crippen molar-refractivity contribution in [1.82, 2.24) is 9.78 Å². The average molecular weight is 249 g/mol. The summed E-state index contributed by atoms with van der Waals surface area (Å²) in [5, 5.41) is 4.88. The Morgan fingerprint density at radius 3 is 2.76 bits per heavy atom. The molecule has 88 valence electrons. The predicted molar refractivity (Wildman–Crippen MR) is 68.4 cm³/mol. The molecule has 0 aliphatic rings. The standard InChI is InChI=1S/C13H13ClN2O/c1-9(2)16-13(5-6-15-16)11-7-10(8-17)3-4-12(11)14/h3-9H,1-2H3. The van der Waals surface area contributed by atoms with E-state index in [1.807, 2.05) is 24.6 Å². The largest absolute Gasteiger partial charge is 0.298 e. The van der Waals surface area contributed by atoms with Crippen molar-refractivity contribution in [2.24, 2.45) is 0 Å². The van der Waals surface area contributed by atoms with Crippen LogP contribution in [0.2, 0.25) is 5.02 Å². The van der Waals surface area contributed by atoms with Crippen LogP contribution in [0.3, 0.4) is 0 Å². The number of nitrogens with zero attached hydrogens (tertiary/aromatic N) is 2. The maximum atomic E-state index is 10.8. The molecule has 4 heteroatoms. The van der Waals surface area contributed by atoms with Gasteiger partial charge in [-0.2, -0.15) is 5.10 Å². The molecule has 2 rings (SSSR count). The van der Waals surface area contributed by atoms with Gasteiger partial charge in [0.05, 0.1) is 5.69 Å². The summed E-state index contributed by atoms with van der Waals surface area (Å²) in [5.41, 5.74) is 2.37. The summed E-state index contributed by atoms with van der Waals surface area (Å²) in [6, 6.07) is 7.37. The highest BCUT2D eigenvalue weighted by atomic mass is 35.5. The molecule has 0 N–H and O–H groups in total. The fraction of sp³-hybridized carbons (Fsp3) is 0.231. The lowest BCUT2D eigenvalue weighted by molar-refractivity contribution is 0.112. The first kappa shape index (κ1) is 11.9. The molecule has 0 atom stereocenters. The van der Waals surface area contributed by atoms with E-state index in [0.29, 0.717) is 10.6 Å². The molecule has 3 nitrogen and oxygen atoms in total. The zero-order valence-corrected chi connectivity index (χ0v) is 10.5. The number of hydrogen-bond acceptors (Lipinski definition) is 2. The molecule has 0 spiro atoms. The zero-order valence-electron chi connectivity index (χ0n) is 9.72. The second-order valence-corrected chi connectivity index (χ2v) is 4.52. The Morgan fingerprint density at radius 2 is 2.12 bits per heavy atom. The molecule has 0 saturated carbocycles. The molecule has 0 amide bonds. The van der Waals surface area contributed by atoms with E-state index in [1.165, 1.54) is 0 Å². The van der Waals surface area contributed by atoms with Gasteiger partial charge in [0.1, 0.15) is 6.29 Å². The van der Waals surface area contributed by atoms with Gasteiger partial charge in [-0.1, -0.05) is 17.7 Å². The maximum absolute atomic E-state index is 10.8. The lowest BCUT2D eigenvalue weighted by Gasteiger charge is -2.12. The van der Waals surface area contributed by atoms with E-state index in [0.717, 1.165) is 17.5 Å². The summed E-state index contributed by atoms with van der Waals surface area (Å²) in [6.07, 6.45) is 2.55. The molecule has 0 aliphatic heterocycles. The van der Waals surface area contributed by atoms with E-state index in [4.69, 9.17) is 11.6 Å². The van der Waals surface area contributed by atoms with Crippen molar-refractivity contribution in [3.8, 4) is 11.3 Å². The van der Waals surface area contributed by atoms with Crippen molar-refractivity contribution in [2.75, 3.05) is 0 Å². The van der Waals surface area contributed by atoms with E-state index in [1.54, 1.807) is 24.4 Å². The van der Waals surface area contributed by atoms with Gasteiger partial charge in [-0.25, -0.2) is 0 Å². The van der Waals surface area contributed by atoms with Crippen LogP contribution >= 0.6 is 11.6 Å². The number of rotatable bonds is 3. The van der Waals surface area contributed by atoms with E-state index in [9.17, 15) is 4.79 Å². The minimum Gasteiger partial charge on any atom is -0.298 e. The Balaban J connectivity index is 2.59. The van der Waals surface area contributed by atoms with Crippen LogP contribution in [0.15, 0.2) is 30.5 Å². The molecular weight excluding hydrogens is 236 g/mol. The monoisotopic (exact) mass is 248 g/mol. The van der Waals surface area contributed by atoms with E-state index in [-0.39, 0.29) is 6.04 Å². The smallest absolute Gasteiger partial charge is 0.150 e. The highest BCUT2D eigenvalue weighted by Crippen LogP contribution is 2.29. The fourth-order valence-corrected chi connectivity index (χ4v) is 1.97. The van der Waals surface area contributed by atoms with Gasteiger partial charge in [0.15, 0.2) is 0 Å². The van der Waals surface area contributed by atoms with Gasteiger partial charge in [-0.3, -0.25) is 9.48 Å². The molecule has 0 aliphatic carbocycles. The Kier molecular flexibility index (Phi) is 3.29. The molecule has 0 bridgehead atoms. The first-order valence-corrected chi connectivity index (χ1v) is 5.80. The van der Waals surface area contributed by atoms with Gasteiger partial charge >= 0.3 is 0 Å². The van der Waals surface area contributed by atoms with Gasteiger partial charge in [-0.05, 0) is 32.0 Å². The Hall–Kier alpha value is -1.61. The summed E-state index contributed by atoms with van der Waals surface area (Å²) >= 11 is 6.16. The van der Waals surface area contributed by atoms with Crippen molar-refractivity contribution >= 4 is 17.9 Å². The molecule has 1 aromatic carbocycles. The van der Waals surface area contributed by atoms with Crippen LogP contribution in [0.5, 0.6) is 0 Å². The van der Waals surface area contributed by atoms with Crippen LogP contribution in [-0.2, 0) is 0 Å². The third-order valence-electron chi connectivity index (χ3n) is 2.56. The highest BCUT2D eigenvalue weighted by Gasteiger charge is 2.11. The summed E-state index contributed by atoms with van der Waals surface area (Å²) < 4.78 is 1.88. The predicted octanol–water partition coefficient (Wildman–Crippen LogP) is 3.60. The van der Waals surface area contributed by atoms with Crippen molar-refractivity contribution in [3.05, 3.63) is 41.0 Å². The molecule has 0 fully saturated rings. The topological polar surface area (TPSA) is 34.9 Å². The van der Waals surface area contributed by atoms with Crippen LogP contribution in [0.25, 0.3) is 11.3 Å². The number of aromatic nitrogens is 2. The van der Waals surface area contributed by atoms with Crippen LogP contribution in [-0.4, -0.2) is 16.1 Å². The van der Waals surface area contributed by atoms with Crippen molar-refractivity contribution in [3.63, 3.8) is 0 Å². The quantitative estimate of drug-likeness (QED) is 0.778. The van der Waals surface area contributed by atoms with Crippen LogP contribution in [0.4, 0.5) is 0 Å². The summed E-state index contributed by atoms with van der Waals surface area (Å²) in [4.78, 5) is 10.8. The molecule has 1 heterocycles. The average Bonchev–Trinajstić information content (AvgIpc) is 2.78. The van der Waals surface area contributed by atoms with E-state index < -0.39 is 0 Å². The lowest BCUT2D eigenvalue weighted by atomic mass is 10.1. The van der Waals surface area contributed by atoms with Crippen molar-refractivity contribution in [2.45, 2.75) is 19.9 Å². The Morgan fingerprint density at radius 1 is 1.35 bits per heavy atom. The van der Waals surface area contributed by atoms with E-state index >= 15 is 0 Å². The SMILES string of the molecule is CC(C)n1nccc1-c1cc(C=O)ccc1Cl. The first-order chi connectivity index (χ1) is 8.13. The van der Waals surface area contributed by atoms with Crippen LogP contribution in [0, 0.1) is 0 Å². The first-order valence-electron chi connectivity index (χ1n) is 5.42. The minimum atomic E-state index is 0.246. The van der Waals surface area contributed by atoms with Gasteiger partial charge < -0.3 is 0 Å². The van der Waals surface area contributed by atoms with Crippen LogP contribution in [0.1, 0.15) is 30.2 Å². The third kappa shape index (κ3) is 2.24. The Labute approximate surface area is 105 Å². The summed E-state index contributed by atoms with van der Waals surface area (Å²) in [5.74, 6) is 0. The number of benzene rings is 1. The molecule has 0 saturated heterocycles. The second kappa shape index (κ2) is 4.72. The number of aldehydes is 1. The maximum Gasteiger partial charge on any atom is 0.150 e. The second-order valence-electron chi connectivity index (χ2n) is 4.11. The van der Waals surface area contributed by atoms with Crippen LogP contribution < -0.4 is 0 Å². The number of carbonyl (C=O) groups is 1. The lowest BCUT2D eigenvalue weighted by Crippen LogP contribution is -2.04. The molecule has 2 aromatic rings. The third-order valence-corrected chi connectivity index (χ3v) is 2.89. The molecule has 0 unspecified atom stereocenters. The molecule has 17 heavy (non-hydrogen) atoms. The number of halogens is 1. The normalized spacial score (nSPS) is 10.8. The van der Waals surface area contributed by atoms with Gasteiger partial charge in [-0.15, -0.1) is 0 Å². The van der Waals surface area contributed by atoms with Gasteiger partial charge in [0, 0.05) is 28.4 Å².